The van der Waals surface area contributed by atoms with Gasteiger partial charge >= 0.3 is 6.61 Å². The molecular weight excluding hydrogens is 442 g/mol. The van der Waals surface area contributed by atoms with Crippen LogP contribution in [0.3, 0.4) is 0 Å². The molecule has 0 aromatic heterocycles. The molecule has 0 spiro atoms. The van der Waals surface area contributed by atoms with Crippen LogP contribution in [0.15, 0.2) is 41.3 Å². The number of hydrogen-bond donors (Lipinski definition) is 1. The molecule has 1 heterocycles. The first kappa shape index (κ1) is 23.9. The summed E-state index contributed by atoms with van der Waals surface area (Å²) < 4.78 is 61.4. The van der Waals surface area contributed by atoms with Gasteiger partial charge < -0.3 is 14.8 Å². The van der Waals surface area contributed by atoms with E-state index in [1.54, 1.807) is 25.1 Å². The van der Waals surface area contributed by atoms with Gasteiger partial charge in [0.15, 0.2) is 11.5 Å². The fraction of sp³-hybridized carbons (Fsp3) is 0.409. The Morgan fingerprint density at radius 3 is 2.50 bits per heavy atom. The molecule has 1 aliphatic rings. The van der Waals surface area contributed by atoms with Crippen LogP contribution in [0.25, 0.3) is 0 Å². The number of aryl methyl sites for hydroxylation is 1. The highest BCUT2D eigenvalue weighted by molar-refractivity contribution is 7.89. The van der Waals surface area contributed by atoms with Crippen molar-refractivity contribution in [3.8, 4) is 11.5 Å². The van der Waals surface area contributed by atoms with Gasteiger partial charge in [-0.3, -0.25) is 4.79 Å². The minimum absolute atomic E-state index is 0.0677. The molecule has 10 heteroatoms. The number of nitrogens with zero attached hydrogens (tertiary/aromatic N) is 1. The van der Waals surface area contributed by atoms with Crippen LogP contribution in [0.2, 0.25) is 0 Å². The lowest BCUT2D eigenvalue weighted by molar-refractivity contribution is -0.0512. The zero-order chi connectivity index (χ0) is 23.3. The van der Waals surface area contributed by atoms with Gasteiger partial charge in [0.05, 0.1) is 12.0 Å². The van der Waals surface area contributed by atoms with E-state index in [1.165, 1.54) is 29.6 Å². The molecule has 0 unspecified atom stereocenters. The zero-order valence-electron chi connectivity index (χ0n) is 17.9. The van der Waals surface area contributed by atoms with E-state index in [4.69, 9.17) is 4.74 Å². The molecule has 7 nitrogen and oxygen atoms in total. The summed E-state index contributed by atoms with van der Waals surface area (Å²) in [5.41, 5.74) is 1.72. The van der Waals surface area contributed by atoms with Crippen molar-refractivity contribution in [3.05, 3.63) is 53.1 Å². The Morgan fingerprint density at radius 2 is 1.84 bits per heavy atom. The second-order valence-electron chi connectivity index (χ2n) is 7.46. The van der Waals surface area contributed by atoms with Crippen molar-refractivity contribution >= 4 is 15.9 Å². The molecule has 0 atom stereocenters. The summed E-state index contributed by atoms with van der Waals surface area (Å²) in [4.78, 5) is 12.8. The summed E-state index contributed by atoms with van der Waals surface area (Å²) in [6.45, 7) is 0.0280. The second-order valence-corrected chi connectivity index (χ2v) is 9.40. The average molecular weight is 469 g/mol. The number of hydrogen-bond acceptors (Lipinski definition) is 5. The van der Waals surface area contributed by atoms with Gasteiger partial charge in [0.1, 0.15) is 0 Å². The van der Waals surface area contributed by atoms with Crippen LogP contribution in [-0.4, -0.2) is 52.0 Å². The van der Waals surface area contributed by atoms with E-state index in [-0.39, 0.29) is 28.8 Å². The number of benzene rings is 2. The molecule has 1 fully saturated rings. The van der Waals surface area contributed by atoms with E-state index in [0.29, 0.717) is 30.6 Å². The number of amides is 1. The predicted octanol–water partition coefficient (Wildman–Crippen LogP) is 3.36. The van der Waals surface area contributed by atoms with Crippen LogP contribution in [0, 0.1) is 6.92 Å². The van der Waals surface area contributed by atoms with E-state index in [0.717, 1.165) is 18.4 Å². The molecule has 0 radical (unpaired) electrons. The number of alkyl halides is 2. The minimum Gasteiger partial charge on any atom is -0.493 e. The molecule has 0 aliphatic carbocycles. The summed E-state index contributed by atoms with van der Waals surface area (Å²) in [6, 6.07) is 9.13. The summed E-state index contributed by atoms with van der Waals surface area (Å²) >= 11 is 0. The Labute approximate surface area is 186 Å². The number of sulfonamides is 1. The molecule has 2 aromatic carbocycles. The average Bonchev–Trinajstić information content (AvgIpc) is 3.30. The standard InChI is InChI=1S/C22H26F2N2O5S/c1-15-5-7-17(32(28,29)26-11-3-4-12-26)14-18(15)21(27)25-10-9-16-6-8-19(31-22(23)24)20(13-16)30-2/h5-8,13-14,22H,3-4,9-12H2,1-2H3,(H,25,27). The number of carbonyl (C=O) groups excluding carboxylic acids is 1. The molecular formula is C22H26F2N2O5S. The van der Waals surface area contributed by atoms with Crippen molar-refractivity contribution in [2.75, 3.05) is 26.7 Å². The molecule has 0 bridgehead atoms. The maximum Gasteiger partial charge on any atom is 0.387 e. The number of rotatable bonds is 9. The third kappa shape index (κ3) is 5.55. The highest BCUT2D eigenvalue weighted by Crippen LogP contribution is 2.29. The van der Waals surface area contributed by atoms with E-state index in [9.17, 15) is 22.0 Å². The summed E-state index contributed by atoms with van der Waals surface area (Å²) in [5, 5.41) is 2.78. The number of ether oxygens (including phenoxy) is 2. The molecule has 1 aliphatic heterocycles. The van der Waals surface area contributed by atoms with Crippen LogP contribution in [0.5, 0.6) is 11.5 Å². The Hall–Kier alpha value is -2.72. The van der Waals surface area contributed by atoms with Gasteiger partial charge in [-0.05, 0) is 61.6 Å². The number of methoxy groups -OCH3 is 1. The molecule has 1 N–H and O–H groups in total. The number of carbonyl (C=O) groups is 1. The highest BCUT2D eigenvalue weighted by Gasteiger charge is 2.28. The molecule has 2 aromatic rings. The maximum atomic E-state index is 12.8. The first-order valence-electron chi connectivity index (χ1n) is 10.2. The summed E-state index contributed by atoms with van der Waals surface area (Å²) in [5.74, 6) is -0.280. The summed E-state index contributed by atoms with van der Waals surface area (Å²) in [6.07, 6.45) is 2.08. The van der Waals surface area contributed by atoms with E-state index < -0.39 is 16.6 Å². The van der Waals surface area contributed by atoms with Gasteiger partial charge in [0, 0.05) is 25.2 Å². The van der Waals surface area contributed by atoms with Gasteiger partial charge in [0.25, 0.3) is 5.91 Å². The van der Waals surface area contributed by atoms with Crippen molar-refractivity contribution in [1.29, 1.82) is 0 Å². The van der Waals surface area contributed by atoms with Crippen molar-refractivity contribution < 1.29 is 31.5 Å². The third-order valence-corrected chi connectivity index (χ3v) is 7.19. The SMILES string of the molecule is COc1cc(CCNC(=O)c2cc(S(=O)(=O)N3CCCC3)ccc2C)ccc1OC(F)F. The van der Waals surface area contributed by atoms with Crippen LogP contribution in [0.4, 0.5) is 8.78 Å². The molecule has 174 valence electrons. The lowest BCUT2D eigenvalue weighted by Crippen LogP contribution is -2.29. The largest absolute Gasteiger partial charge is 0.493 e. The molecule has 1 saturated heterocycles. The van der Waals surface area contributed by atoms with E-state index >= 15 is 0 Å². The van der Waals surface area contributed by atoms with Gasteiger partial charge in [0.2, 0.25) is 10.0 Å². The lowest BCUT2D eigenvalue weighted by Gasteiger charge is -2.17. The quantitative estimate of drug-likeness (QED) is 0.610. The minimum atomic E-state index is -3.62. The predicted molar refractivity (Wildman–Crippen MR) is 115 cm³/mol. The maximum absolute atomic E-state index is 12.8. The molecule has 32 heavy (non-hydrogen) atoms. The monoisotopic (exact) mass is 468 g/mol. The van der Waals surface area contributed by atoms with Gasteiger partial charge in [-0.25, -0.2) is 8.42 Å². The lowest BCUT2D eigenvalue weighted by atomic mass is 10.1. The van der Waals surface area contributed by atoms with Gasteiger partial charge in [-0.15, -0.1) is 0 Å². The topological polar surface area (TPSA) is 84.9 Å². The van der Waals surface area contributed by atoms with Crippen LogP contribution in [-0.2, 0) is 16.4 Å². The molecule has 0 saturated carbocycles. The van der Waals surface area contributed by atoms with Crippen LogP contribution in [0.1, 0.15) is 34.3 Å². The number of halogens is 2. The first-order valence-corrected chi connectivity index (χ1v) is 11.7. The fourth-order valence-electron chi connectivity index (χ4n) is 3.56. The zero-order valence-corrected chi connectivity index (χ0v) is 18.8. The Bertz CT molecular complexity index is 1070. The van der Waals surface area contributed by atoms with Crippen molar-refractivity contribution in [1.82, 2.24) is 9.62 Å². The fourth-order valence-corrected chi connectivity index (χ4v) is 5.10. The smallest absolute Gasteiger partial charge is 0.387 e. The molecule has 1 amide bonds. The Balaban J connectivity index is 1.66. The Kier molecular flexibility index (Phi) is 7.68. The normalized spacial score (nSPS) is 14.5. The summed E-state index contributed by atoms with van der Waals surface area (Å²) in [7, 11) is -2.27. The Morgan fingerprint density at radius 1 is 1.12 bits per heavy atom. The first-order chi connectivity index (χ1) is 15.2. The van der Waals surface area contributed by atoms with Crippen LogP contribution < -0.4 is 14.8 Å². The van der Waals surface area contributed by atoms with Gasteiger partial charge in [-0.2, -0.15) is 13.1 Å². The van der Waals surface area contributed by atoms with E-state index in [2.05, 4.69) is 10.1 Å². The second kappa shape index (κ2) is 10.3. The van der Waals surface area contributed by atoms with Crippen LogP contribution >= 0.6 is 0 Å². The van der Waals surface area contributed by atoms with Crippen molar-refractivity contribution in [2.24, 2.45) is 0 Å². The highest BCUT2D eigenvalue weighted by atomic mass is 32.2. The van der Waals surface area contributed by atoms with Crippen molar-refractivity contribution in [2.45, 2.75) is 37.7 Å². The third-order valence-electron chi connectivity index (χ3n) is 5.30. The number of nitrogens with one attached hydrogen (secondary N) is 1. The van der Waals surface area contributed by atoms with Crippen molar-refractivity contribution in [3.63, 3.8) is 0 Å². The molecule has 3 rings (SSSR count). The van der Waals surface area contributed by atoms with Gasteiger partial charge in [-0.1, -0.05) is 12.1 Å². The van der Waals surface area contributed by atoms with E-state index in [1.807, 2.05) is 0 Å².